The summed E-state index contributed by atoms with van der Waals surface area (Å²) in [5.74, 6) is 2.32. The lowest BCUT2D eigenvalue weighted by Crippen LogP contribution is -2.15. The van der Waals surface area contributed by atoms with E-state index in [1.165, 1.54) is 0 Å². The zero-order valence-corrected chi connectivity index (χ0v) is 12.7. The van der Waals surface area contributed by atoms with E-state index in [0.717, 1.165) is 49.6 Å². The number of nitrogens with one attached hydrogen (secondary N) is 1. The molecule has 19 heavy (non-hydrogen) atoms. The average molecular weight is 265 g/mol. The molecule has 1 aromatic carbocycles. The fraction of sp³-hybridized carbons (Fsp3) is 0.625. The van der Waals surface area contributed by atoms with Crippen LogP contribution in [0.3, 0.4) is 0 Å². The Hall–Kier alpha value is -1.22. The summed E-state index contributed by atoms with van der Waals surface area (Å²) in [6, 6.07) is 6.06. The minimum atomic E-state index is 0.608. The first kappa shape index (κ1) is 15.8. The molecule has 0 atom stereocenters. The van der Waals surface area contributed by atoms with Crippen molar-refractivity contribution in [2.75, 3.05) is 20.3 Å². The highest BCUT2D eigenvalue weighted by Crippen LogP contribution is 2.31. The summed E-state index contributed by atoms with van der Waals surface area (Å²) in [5, 5.41) is 3.34. The van der Waals surface area contributed by atoms with Crippen LogP contribution in [0.25, 0.3) is 0 Å². The lowest BCUT2D eigenvalue weighted by molar-refractivity contribution is 0.228. The van der Waals surface area contributed by atoms with Crippen LogP contribution in [-0.4, -0.2) is 20.3 Å². The van der Waals surface area contributed by atoms with Crippen LogP contribution in [0.2, 0.25) is 0 Å². The van der Waals surface area contributed by atoms with E-state index in [-0.39, 0.29) is 0 Å². The van der Waals surface area contributed by atoms with Gasteiger partial charge < -0.3 is 14.8 Å². The van der Waals surface area contributed by atoms with Gasteiger partial charge in [-0.3, -0.25) is 0 Å². The minimum absolute atomic E-state index is 0.608. The van der Waals surface area contributed by atoms with Gasteiger partial charge in [-0.05, 0) is 18.5 Å². The number of hydrogen-bond donors (Lipinski definition) is 1. The van der Waals surface area contributed by atoms with E-state index in [0.29, 0.717) is 5.92 Å². The number of ether oxygens (including phenoxy) is 2. The Bertz CT molecular complexity index is 362. The molecule has 108 valence electrons. The molecule has 0 aromatic heterocycles. The maximum absolute atomic E-state index is 6.04. The second-order valence-corrected chi connectivity index (χ2v) is 4.72. The van der Waals surface area contributed by atoms with Gasteiger partial charge in [-0.1, -0.05) is 45.7 Å². The molecule has 1 aromatic rings. The fourth-order valence-corrected chi connectivity index (χ4v) is 2.01. The first-order valence-corrected chi connectivity index (χ1v) is 7.26. The van der Waals surface area contributed by atoms with Crippen LogP contribution in [0, 0.1) is 5.92 Å². The standard InChI is InChI=1S/C16H27NO2/c1-5-13(6-2)12-19-16-14(11-17-7-3)9-8-10-15(16)18-4/h8-10,13,17H,5-7,11-12H2,1-4H3. The quantitative estimate of drug-likeness (QED) is 0.739. The molecule has 0 radical (unpaired) electrons. The largest absolute Gasteiger partial charge is 0.493 e. The van der Waals surface area contributed by atoms with Crippen molar-refractivity contribution in [2.24, 2.45) is 5.92 Å². The van der Waals surface area contributed by atoms with Crippen molar-refractivity contribution in [1.29, 1.82) is 0 Å². The Morgan fingerprint density at radius 1 is 1.16 bits per heavy atom. The summed E-state index contributed by atoms with van der Waals surface area (Å²) >= 11 is 0. The van der Waals surface area contributed by atoms with E-state index < -0.39 is 0 Å². The lowest BCUT2D eigenvalue weighted by Gasteiger charge is -2.18. The van der Waals surface area contributed by atoms with Gasteiger partial charge in [0, 0.05) is 12.1 Å². The minimum Gasteiger partial charge on any atom is -0.493 e. The zero-order valence-electron chi connectivity index (χ0n) is 12.7. The van der Waals surface area contributed by atoms with E-state index in [1.807, 2.05) is 12.1 Å². The number of rotatable bonds is 9. The maximum atomic E-state index is 6.04. The molecule has 0 amide bonds. The van der Waals surface area contributed by atoms with E-state index in [9.17, 15) is 0 Å². The van der Waals surface area contributed by atoms with Crippen LogP contribution < -0.4 is 14.8 Å². The van der Waals surface area contributed by atoms with Gasteiger partial charge in [0.05, 0.1) is 13.7 Å². The van der Waals surface area contributed by atoms with Crippen molar-refractivity contribution in [3.63, 3.8) is 0 Å². The molecule has 3 nitrogen and oxygen atoms in total. The van der Waals surface area contributed by atoms with Gasteiger partial charge >= 0.3 is 0 Å². The maximum Gasteiger partial charge on any atom is 0.165 e. The number of methoxy groups -OCH3 is 1. The third kappa shape index (κ3) is 4.75. The molecule has 0 aliphatic carbocycles. The summed E-state index contributed by atoms with van der Waals surface area (Å²) < 4.78 is 11.4. The summed E-state index contributed by atoms with van der Waals surface area (Å²) in [6.45, 7) is 9.03. The summed E-state index contributed by atoms with van der Waals surface area (Å²) in [5.41, 5.74) is 1.16. The van der Waals surface area contributed by atoms with E-state index in [4.69, 9.17) is 9.47 Å². The van der Waals surface area contributed by atoms with E-state index in [1.54, 1.807) is 7.11 Å². The molecule has 1 N–H and O–H groups in total. The molecular weight excluding hydrogens is 238 g/mol. The molecule has 0 heterocycles. The summed E-state index contributed by atoms with van der Waals surface area (Å²) in [6.07, 6.45) is 2.29. The van der Waals surface area contributed by atoms with Gasteiger partial charge in [-0.2, -0.15) is 0 Å². The van der Waals surface area contributed by atoms with Crippen molar-refractivity contribution in [3.05, 3.63) is 23.8 Å². The number of para-hydroxylation sites is 1. The van der Waals surface area contributed by atoms with Gasteiger partial charge in [0.2, 0.25) is 0 Å². The highest BCUT2D eigenvalue weighted by atomic mass is 16.5. The number of benzene rings is 1. The first-order valence-electron chi connectivity index (χ1n) is 7.26. The van der Waals surface area contributed by atoms with Gasteiger partial charge in [0.1, 0.15) is 0 Å². The van der Waals surface area contributed by atoms with Crippen LogP contribution in [-0.2, 0) is 6.54 Å². The van der Waals surface area contributed by atoms with Crippen LogP contribution >= 0.6 is 0 Å². The van der Waals surface area contributed by atoms with E-state index in [2.05, 4.69) is 32.2 Å². The van der Waals surface area contributed by atoms with Gasteiger partial charge in [0.15, 0.2) is 11.5 Å². The normalized spacial score (nSPS) is 10.8. The molecule has 0 saturated heterocycles. The first-order chi connectivity index (χ1) is 9.26. The topological polar surface area (TPSA) is 30.5 Å². The molecule has 0 bridgehead atoms. The molecule has 0 unspecified atom stereocenters. The molecule has 1 rings (SSSR count). The predicted octanol–water partition coefficient (Wildman–Crippen LogP) is 3.62. The molecule has 0 aliphatic rings. The number of hydrogen-bond acceptors (Lipinski definition) is 3. The molecule has 3 heteroatoms. The van der Waals surface area contributed by atoms with Crippen LogP contribution in [0.4, 0.5) is 0 Å². The molecule has 0 fully saturated rings. The highest BCUT2D eigenvalue weighted by Gasteiger charge is 2.12. The third-order valence-corrected chi connectivity index (χ3v) is 3.46. The van der Waals surface area contributed by atoms with Gasteiger partial charge in [0.25, 0.3) is 0 Å². The van der Waals surface area contributed by atoms with Crippen molar-refractivity contribution in [2.45, 2.75) is 40.2 Å². The van der Waals surface area contributed by atoms with Crippen molar-refractivity contribution >= 4 is 0 Å². The monoisotopic (exact) mass is 265 g/mol. The highest BCUT2D eigenvalue weighted by molar-refractivity contribution is 5.46. The Balaban J connectivity index is 2.81. The third-order valence-electron chi connectivity index (χ3n) is 3.46. The molecule has 0 spiro atoms. The molecular formula is C16H27NO2. The van der Waals surface area contributed by atoms with Crippen LogP contribution in [0.15, 0.2) is 18.2 Å². The fourth-order valence-electron chi connectivity index (χ4n) is 2.01. The Kier molecular flexibility index (Phi) is 7.34. The second kappa shape index (κ2) is 8.81. The van der Waals surface area contributed by atoms with Crippen molar-refractivity contribution < 1.29 is 9.47 Å². The average Bonchev–Trinajstić information content (AvgIpc) is 2.46. The van der Waals surface area contributed by atoms with Crippen molar-refractivity contribution in [1.82, 2.24) is 5.32 Å². The zero-order chi connectivity index (χ0) is 14.1. The predicted molar refractivity (Wildman–Crippen MR) is 79.9 cm³/mol. The lowest BCUT2D eigenvalue weighted by atomic mass is 10.1. The van der Waals surface area contributed by atoms with E-state index >= 15 is 0 Å². The second-order valence-electron chi connectivity index (χ2n) is 4.72. The van der Waals surface area contributed by atoms with Crippen LogP contribution in [0.1, 0.15) is 39.2 Å². The molecule has 0 saturated carbocycles. The van der Waals surface area contributed by atoms with Crippen LogP contribution in [0.5, 0.6) is 11.5 Å². The Morgan fingerprint density at radius 2 is 1.89 bits per heavy atom. The summed E-state index contributed by atoms with van der Waals surface area (Å²) in [4.78, 5) is 0. The van der Waals surface area contributed by atoms with Gasteiger partial charge in [-0.15, -0.1) is 0 Å². The summed E-state index contributed by atoms with van der Waals surface area (Å²) in [7, 11) is 1.69. The Morgan fingerprint density at radius 3 is 2.47 bits per heavy atom. The SMILES string of the molecule is CCNCc1cccc(OC)c1OCC(CC)CC. The van der Waals surface area contributed by atoms with Gasteiger partial charge in [-0.25, -0.2) is 0 Å². The Labute approximate surface area is 117 Å². The smallest absolute Gasteiger partial charge is 0.165 e. The molecule has 0 aliphatic heterocycles. The van der Waals surface area contributed by atoms with Crippen molar-refractivity contribution in [3.8, 4) is 11.5 Å².